The highest BCUT2D eigenvalue weighted by Crippen LogP contribution is 2.19. The highest BCUT2D eigenvalue weighted by Gasteiger charge is 2.02. The van der Waals surface area contributed by atoms with Gasteiger partial charge in [-0.1, -0.05) is 52.0 Å². The highest BCUT2D eigenvalue weighted by atomic mass is 79.9. The maximum atomic E-state index is 12.9. The first-order valence-electron chi connectivity index (χ1n) is 7.56. The summed E-state index contributed by atoms with van der Waals surface area (Å²) in [5.74, 6) is 1.97. The molecule has 0 spiro atoms. The molecule has 25 heavy (non-hydrogen) atoms. The lowest BCUT2D eigenvalue weighted by Crippen LogP contribution is -2.00. The zero-order valence-electron chi connectivity index (χ0n) is 13.2. The van der Waals surface area contributed by atoms with Gasteiger partial charge in [0, 0.05) is 10.2 Å². The molecule has 0 fully saturated rings. The van der Waals surface area contributed by atoms with E-state index in [1.54, 1.807) is 12.1 Å². The van der Waals surface area contributed by atoms with Crippen LogP contribution in [-0.2, 0) is 0 Å². The van der Waals surface area contributed by atoms with Gasteiger partial charge in [0.15, 0.2) is 0 Å². The van der Waals surface area contributed by atoms with Gasteiger partial charge in [-0.25, -0.2) is 9.37 Å². The van der Waals surface area contributed by atoms with Gasteiger partial charge >= 0.3 is 0 Å². The number of halogens is 2. The molecule has 0 bridgehead atoms. The summed E-state index contributed by atoms with van der Waals surface area (Å²) in [7, 11) is 0. The van der Waals surface area contributed by atoms with Crippen molar-refractivity contribution in [1.29, 1.82) is 0 Å². The summed E-state index contributed by atoms with van der Waals surface area (Å²) in [4.78, 5) is 4.37. The van der Waals surface area contributed by atoms with E-state index in [1.807, 2.05) is 36.4 Å². The second-order valence-corrected chi connectivity index (χ2v) is 7.02. The normalized spacial score (nSPS) is 11.1. The Hall–Kier alpha value is -2.12. The van der Waals surface area contributed by atoms with E-state index >= 15 is 0 Å². The zero-order chi connectivity index (χ0) is 17.5. The average molecular weight is 420 g/mol. The van der Waals surface area contributed by atoms with Crippen molar-refractivity contribution in [2.75, 3.05) is 12.4 Å². The molecule has 4 nitrogen and oxygen atoms in total. The van der Waals surface area contributed by atoms with Crippen LogP contribution in [-0.4, -0.2) is 27.5 Å². The molecular formula is C18H15BrFN3OS. The molecule has 0 saturated heterocycles. The van der Waals surface area contributed by atoms with Crippen LogP contribution in [0, 0.1) is 5.82 Å². The minimum atomic E-state index is -0.249. The maximum absolute atomic E-state index is 12.9. The van der Waals surface area contributed by atoms with Crippen LogP contribution in [0.3, 0.4) is 0 Å². The van der Waals surface area contributed by atoms with Gasteiger partial charge in [-0.05, 0) is 42.0 Å². The minimum Gasteiger partial charge on any atom is -0.493 e. The van der Waals surface area contributed by atoms with E-state index in [4.69, 9.17) is 4.74 Å². The van der Waals surface area contributed by atoms with Crippen LogP contribution >= 0.6 is 27.7 Å². The van der Waals surface area contributed by atoms with Crippen LogP contribution in [0.5, 0.6) is 5.75 Å². The van der Waals surface area contributed by atoms with Crippen molar-refractivity contribution >= 4 is 39.8 Å². The molecule has 0 aliphatic carbocycles. The second-order valence-electron chi connectivity index (χ2n) is 5.04. The number of rotatable bonds is 7. The van der Waals surface area contributed by atoms with E-state index < -0.39 is 0 Å². The fourth-order valence-corrected chi connectivity index (χ4v) is 3.00. The number of nitrogens with one attached hydrogen (secondary N) is 1. The quantitative estimate of drug-likeness (QED) is 0.430. The lowest BCUT2D eigenvalue weighted by Gasteiger charge is -2.04. The third-order valence-corrected chi connectivity index (χ3v) is 4.47. The monoisotopic (exact) mass is 419 g/mol. The van der Waals surface area contributed by atoms with Crippen LogP contribution in [0.25, 0.3) is 12.2 Å². The Kier molecular flexibility index (Phi) is 6.25. The third kappa shape index (κ3) is 5.72. The SMILES string of the molecule is Fc1ccc(/C=C/c2nc(SCCOc3cccc(Br)c3)n[nH]2)cc1. The molecule has 128 valence electrons. The van der Waals surface area contributed by atoms with Crippen LogP contribution < -0.4 is 4.74 Å². The van der Waals surface area contributed by atoms with E-state index in [2.05, 4.69) is 31.1 Å². The number of H-pyrrole nitrogens is 1. The number of aromatic nitrogens is 3. The fourth-order valence-electron chi connectivity index (χ4n) is 2.00. The van der Waals surface area contributed by atoms with Crippen LogP contribution in [0.1, 0.15) is 11.4 Å². The number of ether oxygens (including phenoxy) is 1. The van der Waals surface area contributed by atoms with Gasteiger partial charge in [0.2, 0.25) is 5.16 Å². The minimum absolute atomic E-state index is 0.249. The number of thioether (sulfide) groups is 1. The highest BCUT2D eigenvalue weighted by molar-refractivity contribution is 9.10. The number of nitrogens with zero attached hydrogens (tertiary/aromatic N) is 2. The summed E-state index contributed by atoms with van der Waals surface area (Å²) >= 11 is 4.93. The summed E-state index contributed by atoms with van der Waals surface area (Å²) in [6, 6.07) is 14.0. The standard InChI is InChI=1S/C18H15BrFN3OS/c19-14-2-1-3-16(12-14)24-10-11-25-18-21-17(22-23-18)9-6-13-4-7-15(20)8-5-13/h1-9,12H,10-11H2,(H,21,22,23)/b9-6+. The Bertz CT molecular complexity index is 852. The molecule has 0 aliphatic rings. The Morgan fingerprint density at radius 3 is 2.80 bits per heavy atom. The van der Waals surface area contributed by atoms with Gasteiger partial charge in [0.05, 0.1) is 6.61 Å². The molecule has 2 aromatic carbocycles. The molecule has 0 atom stereocenters. The largest absolute Gasteiger partial charge is 0.493 e. The van der Waals surface area contributed by atoms with Crippen molar-refractivity contribution in [3.05, 3.63) is 70.2 Å². The molecule has 0 saturated carbocycles. The van der Waals surface area contributed by atoms with Crippen molar-refractivity contribution in [1.82, 2.24) is 15.2 Å². The first-order chi connectivity index (χ1) is 12.2. The number of hydrogen-bond acceptors (Lipinski definition) is 4. The predicted octanol–water partition coefficient (Wildman–Crippen LogP) is 5.05. The summed E-state index contributed by atoms with van der Waals surface area (Å²) in [5.41, 5.74) is 0.898. The maximum Gasteiger partial charge on any atom is 0.208 e. The summed E-state index contributed by atoms with van der Waals surface area (Å²) < 4.78 is 19.5. The molecule has 1 heterocycles. The summed E-state index contributed by atoms with van der Waals surface area (Å²) in [6.07, 6.45) is 3.66. The van der Waals surface area contributed by atoms with Crippen LogP contribution in [0.15, 0.2) is 58.2 Å². The second kappa shape index (κ2) is 8.82. The van der Waals surface area contributed by atoms with Gasteiger partial charge in [0.1, 0.15) is 17.4 Å². The first-order valence-corrected chi connectivity index (χ1v) is 9.34. The van der Waals surface area contributed by atoms with Crippen molar-refractivity contribution in [2.24, 2.45) is 0 Å². The molecule has 0 radical (unpaired) electrons. The van der Waals surface area contributed by atoms with Crippen LogP contribution in [0.4, 0.5) is 4.39 Å². The topological polar surface area (TPSA) is 50.8 Å². The van der Waals surface area contributed by atoms with E-state index in [-0.39, 0.29) is 5.82 Å². The number of hydrogen-bond donors (Lipinski definition) is 1. The van der Waals surface area contributed by atoms with Gasteiger partial charge in [-0.3, -0.25) is 5.10 Å². The van der Waals surface area contributed by atoms with E-state index in [0.29, 0.717) is 17.6 Å². The van der Waals surface area contributed by atoms with Crippen molar-refractivity contribution in [2.45, 2.75) is 5.16 Å². The lowest BCUT2D eigenvalue weighted by molar-refractivity contribution is 0.343. The van der Waals surface area contributed by atoms with Crippen molar-refractivity contribution in [3.63, 3.8) is 0 Å². The molecule has 3 rings (SSSR count). The van der Waals surface area contributed by atoms with E-state index in [9.17, 15) is 4.39 Å². The smallest absolute Gasteiger partial charge is 0.208 e. The first kappa shape index (κ1) is 17.7. The molecule has 0 aliphatic heterocycles. The van der Waals surface area contributed by atoms with Crippen molar-refractivity contribution < 1.29 is 9.13 Å². The van der Waals surface area contributed by atoms with E-state index in [0.717, 1.165) is 21.5 Å². The Labute approximate surface area is 157 Å². The van der Waals surface area contributed by atoms with Gasteiger partial charge in [-0.15, -0.1) is 5.10 Å². The van der Waals surface area contributed by atoms with E-state index in [1.165, 1.54) is 23.9 Å². The predicted molar refractivity (Wildman–Crippen MR) is 102 cm³/mol. The van der Waals surface area contributed by atoms with Gasteiger partial charge in [-0.2, -0.15) is 0 Å². The lowest BCUT2D eigenvalue weighted by atomic mass is 10.2. The Balaban J connectivity index is 1.46. The molecule has 0 amide bonds. The third-order valence-electron chi connectivity index (χ3n) is 3.17. The molecule has 0 unspecified atom stereocenters. The number of aromatic amines is 1. The Morgan fingerprint density at radius 2 is 2.00 bits per heavy atom. The Morgan fingerprint density at radius 1 is 1.16 bits per heavy atom. The molecule has 1 aromatic heterocycles. The summed E-state index contributed by atoms with van der Waals surface area (Å²) in [5, 5.41) is 7.68. The molecule has 1 N–H and O–H groups in total. The van der Waals surface area contributed by atoms with Crippen molar-refractivity contribution in [3.8, 4) is 5.75 Å². The fraction of sp³-hybridized carbons (Fsp3) is 0.111. The zero-order valence-corrected chi connectivity index (χ0v) is 15.6. The molecule has 3 aromatic rings. The van der Waals surface area contributed by atoms with Gasteiger partial charge < -0.3 is 4.74 Å². The average Bonchev–Trinajstić information content (AvgIpc) is 3.06. The molecular weight excluding hydrogens is 405 g/mol. The van der Waals surface area contributed by atoms with Crippen LogP contribution in [0.2, 0.25) is 0 Å². The summed E-state index contributed by atoms with van der Waals surface area (Å²) in [6.45, 7) is 0.566. The molecule has 7 heteroatoms. The van der Waals surface area contributed by atoms with Gasteiger partial charge in [0.25, 0.3) is 0 Å². The number of benzene rings is 2.